The minimum absolute atomic E-state index is 1.11. The fraction of sp³-hybridized carbons (Fsp3) is 0. The van der Waals surface area contributed by atoms with Crippen LogP contribution in [0.4, 0.5) is 17.1 Å². The number of nitrogens with zero attached hydrogens (tertiary/aromatic N) is 1. The van der Waals surface area contributed by atoms with Crippen molar-refractivity contribution in [2.24, 2.45) is 0 Å². The fourth-order valence-electron chi connectivity index (χ4n) is 8.52. The number of hydrogen-bond donors (Lipinski definition) is 0. The van der Waals surface area contributed by atoms with E-state index < -0.39 is 0 Å². The van der Waals surface area contributed by atoms with Gasteiger partial charge in [0.1, 0.15) is 0 Å². The van der Waals surface area contributed by atoms with Crippen molar-refractivity contribution in [1.29, 1.82) is 0 Å². The van der Waals surface area contributed by atoms with E-state index in [-0.39, 0.29) is 0 Å². The number of anilines is 3. The molecular weight excluding hydrogens is 695 g/mol. The van der Waals surface area contributed by atoms with E-state index in [4.69, 9.17) is 0 Å². The van der Waals surface area contributed by atoms with Crippen molar-refractivity contribution < 1.29 is 0 Å². The van der Waals surface area contributed by atoms with Crippen molar-refractivity contribution in [3.05, 3.63) is 212 Å². The smallest absolute Gasteiger partial charge is 0.0468 e. The molecule has 0 fully saturated rings. The predicted octanol–water partition coefficient (Wildman–Crippen LogP) is 16.0. The number of rotatable bonds is 6. The van der Waals surface area contributed by atoms with Gasteiger partial charge in [-0.15, -0.1) is 11.3 Å². The first-order valence-electron chi connectivity index (χ1n) is 19.2. The van der Waals surface area contributed by atoms with Gasteiger partial charge in [-0.3, -0.25) is 0 Å². The second-order valence-electron chi connectivity index (χ2n) is 14.5. The molecule has 0 atom stereocenters. The highest BCUT2D eigenvalue weighted by atomic mass is 32.1. The quantitative estimate of drug-likeness (QED) is 0.154. The third-order valence-corrected chi connectivity index (χ3v) is 12.4. The predicted molar refractivity (Wildman–Crippen MR) is 243 cm³/mol. The van der Waals surface area contributed by atoms with Crippen LogP contribution in [0.15, 0.2) is 212 Å². The number of thiophene rings is 1. The SMILES string of the molecule is c1cc(-c2cccc(N(c3ccc(-c4cccc5c4sc4ccccc45)cc3)c3ccc4c(ccc5ccccc54)c3)c2)cc(-c2cccc3ccccc23)c1. The first kappa shape index (κ1) is 32.4. The molecule has 56 heavy (non-hydrogen) atoms. The summed E-state index contributed by atoms with van der Waals surface area (Å²) in [5.74, 6) is 0. The van der Waals surface area contributed by atoms with E-state index in [2.05, 4.69) is 217 Å². The van der Waals surface area contributed by atoms with Gasteiger partial charge in [0.2, 0.25) is 0 Å². The van der Waals surface area contributed by atoms with Crippen molar-refractivity contribution in [2.45, 2.75) is 0 Å². The molecule has 0 bridgehead atoms. The Morgan fingerprint density at radius 3 is 1.73 bits per heavy atom. The average Bonchev–Trinajstić information content (AvgIpc) is 3.66. The maximum Gasteiger partial charge on any atom is 0.0468 e. The zero-order valence-electron chi connectivity index (χ0n) is 30.6. The van der Waals surface area contributed by atoms with Crippen LogP contribution < -0.4 is 4.90 Å². The molecule has 0 N–H and O–H groups in total. The molecule has 11 rings (SSSR count). The van der Waals surface area contributed by atoms with Gasteiger partial charge in [-0.2, -0.15) is 0 Å². The highest BCUT2D eigenvalue weighted by Gasteiger charge is 2.17. The van der Waals surface area contributed by atoms with E-state index in [1.165, 1.54) is 85.9 Å². The summed E-state index contributed by atoms with van der Waals surface area (Å²) < 4.78 is 2.66. The van der Waals surface area contributed by atoms with Crippen LogP contribution in [0, 0.1) is 0 Å². The minimum Gasteiger partial charge on any atom is -0.310 e. The Morgan fingerprint density at radius 1 is 0.286 bits per heavy atom. The monoisotopic (exact) mass is 729 g/mol. The van der Waals surface area contributed by atoms with Crippen LogP contribution in [0.3, 0.4) is 0 Å². The largest absolute Gasteiger partial charge is 0.310 e. The molecule has 0 radical (unpaired) electrons. The van der Waals surface area contributed by atoms with E-state index in [1.54, 1.807) is 0 Å². The van der Waals surface area contributed by atoms with Gasteiger partial charge in [-0.25, -0.2) is 0 Å². The molecule has 1 heterocycles. The van der Waals surface area contributed by atoms with E-state index in [0.29, 0.717) is 0 Å². The summed E-state index contributed by atoms with van der Waals surface area (Å²) in [4.78, 5) is 2.40. The van der Waals surface area contributed by atoms with E-state index in [1.807, 2.05) is 11.3 Å². The van der Waals surface area contributed by atoms with Gasteiger partial charge in [0.05, 0.1) is 0 Å². The summed E-state index contributed by atoms with van der Waals surface area (Å²) in [6.07, 6.45) is 0. The van der Waals surface area contributed by atoms with Gasteiger partial charge in [0, 0.05) is 37.2 Å². The van der Waals surface area contributed by atoms with Gasteiger partial charge in [-0.1, -0.05) is 164 Å². The maximum absolute atomic E-state index is 2.40. The topological polar surface area (TPSA) is 3.24 Å². The van der Waals surface area contributed by atoms with Crippen LogP contribution in [0.1, 0.15) is 0 Å². The third-order valence-electron chi connectivity index (χ3n) is 11.2. The van der Waals surface area contributed by atoms with Crippen LogP contribution in [0.5, 0.6) is 0 Å². The molecule has 0 saturated heterocycles. The van der Waals surface area contributed by atoms with Gasteiger partial charge in [0.25, 0.3) is 0 Å². The second-order valence-corrected chi connectivity index (χ2v) is 15.6. The van der Waals surface area contributed by atoms with Crippen LogP contribution in [-0.2, 0) is 0 Å². The summed E-state index contributed by atoms with van der Waals surface area (Å²) in [5.41, 5.74) is 10.7. The zero-order valence-corrected chi connectivity index (χ0v) is 31.4. The summed E-state index contributed by atoms with van der Waals surface area (Å²) >= 11 is 1.88. The van der Waals surface area contributed by atoms with E-state index in [0.717, 1.165) is 17.1 Å². The van der Waals surface area contributed by atoms with Crippen molar-refractivity contribution in [2.75, 3.05) is 4.90 Å². The second kappa shape index (κ2) is 13.4. The zero-order chi connectivity index (χ0) is 37.0. The summed E-state index contributed by atoms with van der Waals surface area (Å²) in [6.45, 7) is 0. The first-order chi connectivity index (χ1) is 27.7. The van der Waals surface area contributed by atoms with Crippen LogP contribution >= 0.6 is 11.3 Å². The highest BCUT2D eigenvalue weighted by Crippen LogP contribution is 2.43. The lowest BCUT2D eigenvalue weighted by Crippen LogP contribution is -2.10. The summed E-state index contributed by atoms with van der Waals surface area (Å²) in [7, 11) is 0. The van der Waals surface area contributed by atoms with Crippen molar-refractivity contribution in [3.8, 4) is 33.4 Å². The minimum atomic E-state index is 1.11. The average molecular weight is 730 g/mol. The Morgan fingerprint density at radius 2 is 0.857 bits per heavy atom. The van der Waals surface area contributed by atoms with Gasteiger partial charge in [0.15, 0.2) is 0 Å². The van der Waals surface area contributed by atoms with E-state index in [9.17, 15) is 0 Å². The molecule has 0 aliphatic heterocycles. The Labute approximate surface area is 330 Å². The fourth-order valence-corrected chi connectivity index (χ4v) is 9.76. The van der Waals surface area contributed by atoms with Gasteiger partial charge in [-0.05, 0) is 114 Å². The van der Waals surface area contributed by atoms with Crippen molar-refractivity contribution >= 4 is 80.9 Å². The molecule has 262 valence electrons. The van der Waals surface area contributed by atoms with Crippen LogP contribution in [-0.4, -0.2) is 0 Å². The van der Waals surface area contributed by atoms with Crippen molar-refractivity contribution in [3.63, 3.8) is 0 Å². The van der Waals surface area contributed by atoms with E-state index >= 15 is 0 Å². The molecule has 0 aliphatic carbocycles. The molecular formula is C54H35NS. The lowest BCUT2D eigenvalue weighted by atomic mass is 9.95. The number of hydrogen-bond acceptors (Lipinski definition) is 2. The molecule has 11 aromatic rings. The normalized spacial score (nSPS) is 11.6. The molecule has 1 aromatic heterocycles. The molecule has 0 saturated carbocycles. The lowest BCUT2D eigenvalue weighted by Gasteiger charge is -2.27. The van der Waals surface area contributed by atoms with Crippen LogP contribution in [0.25, 0.3) is 85.9 Å². The standard InChI is InChI=1S/C54H35NS/c1-3-18-46-36(11-1)13-9-21-48(46)41-16-7-14-39(33-41)40-15-8-17-44(34-40)55(45-31-32-49-42(35-45)26-25-37-12-2-4-19-47(37)49)43-29-27-38(28-30-43)50-22-10-23-52-51-20-5-6-24-53(51)56-54(50)52/h1-35H. The van der Waals surface area contributed by atoms with Crippen molar-refractivity contribution in [1.82, 2.24) is 0 Å². The summed E-state index contributed by atoms with van der Waals surface area (Å²) in [6, 6.07) is 77.7. The molecule has 0 aliphatic rings. The number of fused-ring (bicyclic) bond motifs is 7. The maximum atomic E-state index is 2.40. The Hall–Kier alpha value is -7.00. The molecule has 10 aromatic carbocycles. The Bertz CT molecular complexity index is 3260. The van der Waals surface area contributed by atoms with Gasteiger partial charge < -0.3 is 4.90 Å². The summed E-state index contributed by atoms with van der Waals surface area (Å²) in [5, 5.41) is 10.2. The molecule has 1 nitrogen and oxygen atoms in total. The van der Waals surface area contributed by atoms with Gasteiger partial charge >= 0.3 is 0 Å². The first-order valence-corrected chi connectivity index (χ1v) is 20.0. The Kier molecular flexibility index (Phi) is 7.75. The molecule has 0 spiro atoms. The highest BCUT2D eigenvalue weighted by molar-refractivity contribution is 7.26. The molecule has 0 unspecified atom stereocenters. The third kappa shape index (κ3) is 5.54. The van der Waals surface area contributed by atoms with Crippen LogP contribution in [0.2, 0.25) is 0 Å². The molecule has 0 amide bonds. The lowest BCUT2D eigenvalue weighted by molar-refractivity contribution is 1.29. The number of benzene rings is 10. The Balaban J connectivity index is 1.04. The molecule has 2 heteroatoms.